The summed E-state index contributed by atoms with van der Waals surface area (Å²) in [6.07, 6.45) is 1.59. The second-order valence-electron chi connectivity index (χ2n) is 5.01. The number of nitro groups is 1. The molecule has 0 fully saturated rings. The Balaban J connectivity index is 1.62. The van der Waals surface area contributed by atoms with Crippen LogP contribution in [0.5, 0.6) is 0 Å². The Bertz CT molecular complexity index is 907. The van der Waals surface area contributed by atoms with Crippen LogP contribution in [0.1, 0.15) is 10.4 Å². The molecule has 0 atom stereocenters. The molecule has 0 N–H and O–H groups in total. The summed E-state index contributed by atoms with van der Waals surface area (Å²) in [5.74, 6) is 0.548. The monoisotopic (exact) mass is 374 g/mol. The van der Waals surface area contributed by atoms with Crippen LogP contribution >= 0.6 is 23.4 Å². The Morgan fingerprint density at radius 3 is 2.48 bits per heavy atom. The minimum Gasteiger partial charge on any atom is -0.431 e. The van der Waals surface area contributed by atoms with Crippen molar-refractivity contribution in [1.82, 2.24) is 4.98 Å². The molecule has 1 heterocycles. The number of Topliss-reactive ketones (excluding diaryl/α,β-unsaturated/α-hetero) is 1. The molecule has 2 aromatic carbocycles. The van der Waals surface area contributed by atoms with Gasteiger partial charge in [0.05, 0.1) is 16.9 Å². The third-order valence-corrected chi connectivity index (χ3v) is 4.43. The zero-order valence-electron chi connectivity index (χ0n) is 12.7. The molecule has 3 aromatic rings. The molecule has 25 heavy (non-hydrogen) atoms. The van der Waals surface area contributed by atoms with E-state index in [0.717, 1.165) is 5.56 Å². The first-order chi connectivity index (χ1) is 12.0. The molecule has 0 aliphatic rings. The summed E-state index contributed by atoms with van der Waals surface area (Å²) in [5.41, 5.74) is 1.19. The van der Waals surface area contributed by atoms with E-state index in [1.165, 1.54) is 36.0 Å². The number of nitro benzene ring substituents is 1. The topological polar surface area (TPSA) is 86.2 Å². The molecular weight excluding hydrogens is 364 g/mol. The van der Waals surface area contributed by atoms with Gasteiger partial charge in [-0.2, -0.15) is 0 Å². The molecule has 8 heteroatoms. The number of ketones is 1. The van der Waals surface area contributed by atoms with Gasteiger partial charge in [-0.05, 0) is 36.4 Å². The van der Waals surface area contributed by atoms with Crippen LogP contribution < -0.4 is 0 Å². The Hall–Kier alpha value is -2.64. The van der Waals surface area contributed by atoms with Gasteiger partial charge >= 0.3 is 0 Å². The maximum absolute atomic E-state index is 12.1. The summed E-state index contributed by atoms with van der Waals surface area (Å²) in [4.78, 5) is 26.4. The van der Waals surface area contributed by atoms with Gasteiger partial charge in [0, 0.05) is 28.3 Å². The fourth-order valence-corrected chi connectivity index (χ4v) is 2.88. The normalized spacial score (nSPS) is 10.6. The first-order valence-electron chi connectivity index (χ1n) is 7.15. The van der Waals surface area contributed by atoms with E-state index >= 15 is 0 Å². The highest BCUT2D eigenvalue weighted by atomic mass is 35.5. The maximum atomic E-state index is 12.1. The van der Waals surface area contributed by atoms with Gasteiger partial charge in [0.25, 0.3) is 10.9 Å². The van der Waals surface area contributed by atoms with Crippen molar-refractivity contribution < 1.29 is 14.1 Å². The van der Waals surface area contributed by atoms with Crippen molar-refractivity contribution in [3.8, 4) is 11.3 Å². The molecule has 3 rings (SSSR count). The van der Waals surface area contributed by atoms with Crippen LogP contribution in [0.4, 0.5) is 5.69 Å². The Morgan fingerprint density at radius 1 is 1.16 bits per heavy atom. The number of hydrogen-bond acceptors (Lipinski definition) is 6. The van der Waals surface area contributed by atoms with E-state index in [4.69, 9.17) is 16.0 Å². The molecule has 0 spiro atoms. The third kappa shape index (κ3) is 4.26. The van der Waals surface area contributed by atoms with E-state index < -0.39 is 4.92 Å². The molecular formula is C17H11ClN2O4S. The van der Waals surface area contributed by atoms with E-state index in [-0.39, 0.29) is 17.2 Å². The smallest absolute Gasteiger partial charge is 0.269 e. The molecule has 0 saturated carbocycles. The maximum Gasteiger partial charge on any atom is 0.269 e. The van der Waals surface area contributed by atoms with E-state index in [2.05, 4.69) is 4.98 Å². The standard InChI is InChI=1S/C17H11ClN2O4S/c18-13-5-1-12(2-6-13)16-9-19-17(24-16)25-10-15(21)11-3-7-14(8-4-11)20(22)23/h1-9H,10H2. The number of halogens is 1. The van der Waals surface area contributed by atoms with Crippen molar-refractivity contribution in [2.24, 2.45) is 0 Å². The van der Waals surface area contributed by atoms with Crippen molar-refractivity contribution in [3.05, 3.63) is 75.4 Å². The van der Waals surface area contributed by atoms with Crippen LogP contribution in [0.2, 0.25) is 5.02 Å². The summed E-state index contributed by atoms with van der Waals surface area (Å²) < 4.78 is 5.61. The third-order valence-electron chi connectivity index (χ3n) is 3.34. The minimum atomic E-state index is -0.506. The average Bonchev–Trinajstić information content (AvgIpc) is 3.09. The quantitative estimate of drug-likeness (QED) is 0.264. The minimum absolute atomic E-state index is 0.0514. The first-order valence-corrected chi connectivity index (χ1v) is 8.51. The lowest BCUT2D eigenvalue weighted by molar-refractivity contribution is -0.384. The van der Waals surface area contributed by atoms with Crippen molar-refractivity contribution >= 4 is 34.8 Å². The second-order valence-corrected chi connectivity index (χ2v) is 6.38. The highest BCUT2D eigenvalue weighted by Gasteiger charge is 2.13. The van der Waals surface area contributed by atoms with Gasteiger partial charge in [-0.1, -0.05) is 23.4 Å². The van der Waals surface area contributed by atoms with Crippen LogP contribution in [-0.4, -0.2) is 21.4 Å². The van der Waals surface area contributed by atoms with Gasteiger partial charge in [0.15, 0.2) is 11.5 Å². The average molecular weight is 375 g/mol. The van der Waals surface area contributed by atoms with E-state index in [0.29, 0.717) is 21.6 Å². The largest absolute Gasteiger partial charge is 0.431 e. The van der Waals surface area contributed by atoms with Gasteiger partial charge < -0.3 is 4.42 Å². The fourth-order valence-electron chi connectivity index (χ4n) is 2.05. The molecule has 0 aliphatic carbocycles. The molecule has 1 aromatic heterocycles. The molecule has 126 valence electrons. The number of non-ortho nitro benzene ring substituents is 1. The van der Waals surface area contributed by atoms with Gasteiger partial charge in [-0.15, -0.1) is 0 Å². The Labute approximate surface area is 152 Å². The van der Waals surface area contributed by atoms with Crippen LogP contribution in [0.3, 0.4) is 0 Å². The number of rotatable bonds is 6. The highest BCUT2D eigenvalue weighted by Crippen LogP contribution is 2.27. The summed E-state index contributed by atoms with van der Waals surface area (Å²) >= 11 is 7.01. The van der Waals surface area contributed by atoms with E-state index in [9.17, 15) is 14.9 Å². The molecule has 0 amide bonds. The Kier molecular flexibility index (Phi) is 5.16. The van der Waals surface area contributed by atoms with Gasteiger partial charge in [0.1, 0.15) is 0 Å². The van der Waals surface area contributed by atoms with Crippen LogP contribution in [-0.2, 0) is 0 Å². The number of carbonyl (C=O) groups is 1. The molecule has 6 nitrogen and oxygen atoms in total. The second kappa shape index (κ2) is 7.50. The number of nitrogens with zero attached hydrogens (tertiary/aromatic N) is 2. The summed E-state index contributed by atoms with van der Waals surface area (Å²) in [7, 11) is 0. The molecule has 0 radical (unpaired) electrons. The fraction of sp³-hybridized carbons (Fsp3) is 0.0588. The van der Waals surface area contributed by atoms with Gasteiger partial charge in [-0.3, -0.25) is 14.9 Å². The lowest BCUT2D eigenvalue weighted by Crippen LogP contribution is -2.02. The van der Waals surface area contributed by atoms with Crippen molar-refractivity contribution in [3.63, 3.8) is 0 Å². The highest BCUT2D eigenvalue weighted by molar-refractivity contribution is 7.99. The number of aromatic nitrogens is 1. The zero-order valence-corrected chi connectivity index (χ0v) is 14.3. The van der Waals surface area contributed by atoms with Crippen LogP contribution in [0, 0.1) is 10.1 Å². The molecule has 0 aliphatic heterocycles. The van der Waals surface area contributed by atoms with Crippen molar-refractivity contribution in [2.45, 2.75) is 5.22 Å². The first kappa shape index (κ1) is 17.2. The van der Waals surface area contributed by atoms with E-state index in [1.807, 2.05) is 12.1 Å². The predicted octanol–water partition coefficient (Wildman–Crippen LogP) is 4.88. The van der Waals surface area contributed by atoms with Crippen molar-refractivity contribution in [1.29, 1.82) is 0 Å². The lowest BCUT2D eigenvalue weighted by atomic mass is 10.1. The zero-order chi connectivity index (χ0) is 17.8. The lowest BCUT2D eigenvalue weighted by Gasteiger charge is -1.99. The SMILES string of the molecule is O=C(CSc1ncc(-c2ccc(Cl)cc2)o1)c1ccc([N+](=O)[O-])cc1. The van der Waals surface area contributed by atoms with Crippen molar-refractivity contribution in [2.75, 3.05) is 5.75 Å². The van der Waals surface area contributed by atoms with Crippen LogP contribution in [0.15, 0.2) is 64.4 Å². The number of oxazole rings is 1. The molecule has 0 saturated heterocycles. The Morgan fingerprint density at radius 2 is 1.84 bits per heavy atom. The summed E-state index contributed by atoms with van der Waals surface area (Å²) in [5, 5.41) is 11.6. The van der Waals surface area contributed by atoms with Crippen LogP contribution in [0.25, 0.3) is 11.3 Å². The predicted molar refractivity (Wildman–Crippen MR) is 95.1 cm³/mol. The number of benzene rings is 2. The number of carbonyl (C=O) groups excluding carboxylic acids is 1. The molecule has 0 bridgehead atoms. The molecule has 0 unspecified atom stereocenters. The number of hydrogen-bond donors (Lipinski definition) is 0. The summed E-state index contributed by atoms with van der Waals surface area (Å²) in [6.45, 7) is 0. The van der Waals surface area contributed by atoms with Gasteiger partial charge in [0.2, 0.25) is 0 Å². The summed E-state index contributed by atoms with van der Waals surface area (Å²) in [6, 6.07) is 12.6. The van der Waals surface area contributed by atoms with E-state index in [1.54, 1.807) is 18.3 Å². The number of thioether (sulfide) groups is 1. The van der Waals surface area contributed by atoms with Gasteiger partial charge in [-0.25, -0.2) is 4.98 Å².